The number of hydrogen-bond acceptors (Lipinski definition) is 9. The summed E-state index contributed by atoms with van der Waals surface area (Å²) >= 11 is 0. The van der Waals surface area contributed by atoms with Crippen LogP contribution in [0, 0.1) is 0 Å². The molecule has 0 saturated carbocycles. The molecule has 0 aliphatic rings. The van der Waals surface area contributed by atoms with Gasteiger partial charge in [0.25, 0.3) is 0 Å². The van der Waals surface area contributed by atoms with Gasteiger partial charge in [0.05, 0.1) is 41.0 Å². The Morgan fingerprint density at radius 3 is 0.829 bits per heavy atom. The summed E-state index contributed by atoms with van der Waals surface area (Å²) in [6.45, 7) is 0. The predicted octanol–water partition coefficient (Wildman–Crippen LogP) is 35.4. The third kappa shape index (κ3) is 19.2. The van der Waals surface area contributed by atoms with Gasteiger partial charge in [0.1, 0.15) is 0 Å². The van der Waals surface area contributed by atoms with Crippen molar-refractivity contribution in [1.82, 2.24) is 44.9 Å². The molecule has 9 heteroatoms. The zero-order chi connectivity index (χ0) is 102. The minimum atomic E-state index is -0.414. The molecule has 0 unspecified atom stereocenters. The summed E-state index contributed by atoms with van der Waals surface area (Å²) < 4.78 is 41.3. The first-order valence-corrected chi connectivity index (χ1v) is 48.7. The fourth-order valence-electron chi connectivity index (χ4n) is 19.3. The Kier molecular flexibility index (Phi) is 23.2. The van der Waals surface area contributed by atoms with E-state index in [0.29, 0.717) is 28.7 Å². The van der Waals surface area contributed by atoms with Crippen molar-refractivity contribution < 1.29 is 6.85 Å². The molecule has 0 radical (unpaired) electrons. The SMILES string of the molecule is [2H]c1c([2H])c([2H])c(-c2ccc(-c3cc(-c4ccc(-c5cccnc5)cc4)nc(-c4ccc(-c5ccc6c7ccccc7c7ccccc7c6c5)cc4)n3)cc2)c([2H])c1[2H].c1ccc(-c2cccc(-c3cc(-c4cccc(-c5cccnc5)c4)nc(-c4ccc(-c5ccc6ccccc6c5)cc4)n3)c2)cc1.c1ccc(-c2cccc(-c3cc(-c4cccc(-c5cccnc5)c4)nc(-c4ccc(-c5cccc6ccccc56)cc4)n3)c2)cc1. The molecule has 20 aromatic carbocycles. The second-order valence-electron chi connectivity index (χ2n) is 36.0. The van der Waals surface area contributed by atoms with Crippen molar-refractivity contribution in [3.05, 3.63) is 553 Å². The fraction of sp³-hybridized carbons (Fsp3) is 0. The predicted molar refractivity (Wildman–Crippen MR) is 605 cm³/mol. The maximum absolute atomic E-state index is 8.48. The molecule has 0 aliphatic heterocycles. The highest BCUT2D eigenvalue weighted by Gasteiger charge is 2.21. The van der Waals surface area contributed by atoms with E-state index in [1.54, 1.807) is 30.7 Å². The molecule has 26 aromatic rings. The highest BCUT2D eigenvalue weighted by Crippen LogP contribution is 2.43. The van der Waals surface area contributed by atoms with Gasteiger partial charge in [-0.25, -0.2) is 29.9 Å². The maximum atomic E-state index is 8.48. The smallest absolute Gasteiger partial charge is 0.160 e. The van der Waals surface area contributed by atoms with E-state index < -0.39 is 6.04 Å². The first-order chi connectivity index (χ1) is 74.4. The molecule has 0 aliphatic carbocycles. The molecule has 0 N–H and O–H groups in total. The van der Waals surface area contributed by atoms with E-state index in [1.165, 1.54) is 76.1 Å². The van der Waals surface area contributed by atoms with E-state index >= 15 is 0 Å². The van der Waals surface area contributed by atoms with Gasteiger partial charge >= 0.3 is 0 Å². The number of hydrogen-bond donors (Lipinski definition) is 0. The van der Waals surface area contributed by atoms with Crippen LogP contribution >= 0.6 is 0 Å². The maximum Gasteiger partial charge on any atom is 0.160 e. The molecule has 0 saturated heterocycles. The van der Waals surface area contributed by atoms with E-state index in [1.807, 2.05) is 73.2 Å². The normalized spacial score (nSPS) is 11.6. The summed E-state index contributed by atoms with van der Waals surface area (Å²) in [4.78, 5) is 43.6. The number of aromatic nitrogens is 9. The lowest BCUT2D eigenvalue weighted by Crippen LogP contribution is -1.96. The molecule has 146 heavy (non-hydrogen) atoms. The molecule has 6 heterocycles. The van der Waals surface area contributed by atoms with Crippen LogP contribution in [-0.4, -0.2) is 44.9 Å². The lowest BCUT2D eigenvalue weighted by atomic mass is 9.92. The molecule has 0 spiro atoms. The second kappa shape index (κ2) is 40.7. The highest BCUT2D eigenvalue weighted by atomic mass is 14.9. The average molecular weight is 1870 g/mol. The number of fused-ring (bicyclic) bond motifs is 8. The Morgan fingerprint density at radius 2 is 0.404 bits per heavy atom. The molecule has 6 aromatic heterocycles. The topological polar surface area (TPSA) is 116 Å². The second-order valence-corrected chi connectivity index (χ2v) is 36.0. The van der Waals surface area contributed by atoms with Gasteiger partial charge in [-0.1, -0.05) is 443 Å². The molecule has 0 bridgehead atoms. The Morgan fingerprint density at radius 1 is 0.137 bits per heavy atom. The van der Waals surface area contributed by atoms with Gasteiger partial charge in [-0.05, 0) is 216 Å². The standard InChI is InChI=1S/C51H33N3.2C43H29N3/c1-2-9-34(10-3-1)35-16-22-38(23-17-35)49-32-50(39-24-18-37(19-25-39)42-11-8-30-52-33-42)54-51(53-49)40-26-20-36(21-27-40)41-28-29-47-45-14-5-4-12-43(45)44-13-6-7-15-46(44)48(47)31-41;1-2-10-30(11-3-1)34-14-6-16-36(26-34)41-28-42(37-17-7-15-35(27-37)38-18-9-25-44-29-38)46-43(45-41)33-23-21-32(22-24-33)40-20-8-13-31-12-4-5-19-39(31)40;1-2-9-30(10-3-1)35-13-6-15-38(26-35)41-28-42(39-16-7-14-36(27-39)40-17-8-24-44-29-40)46-43(45-41)33-21-18-32(19-22-33)37-23-20-31-11-4-5-12-34(31)25-37/h1-33H;2*1-29H/i1D,2D,3D,9D,10D;;. The molecule has 684 valence electrons. The van der Waals surface area contributed by atoms with Crippen LogP contribution in [0.15, 0.2) is 553 Å². The van der Waals surface area contributed by atoms with Gasteiger partial charge in [-0.3, -0.25) is 15.0 Å². The van der Waals surface area contributed by atoms with Crippen molar-refractivity contribution in [2.24, 2.45) is 0 Å². The molecule has 0 fully saturated rings. The van der Waals surface area contributed by atoms with Gasteiger partial charge < -0.3 is 0 Å². The van der Waals surface area contributed by atoms with E-state index in [2.05, 4.69) is 434 Å². The summed E-state index contributed by atoms with van der Waals surface area (Å²) in [5.74, 6) is 1.94. The van der Waals surface area contributed by atoms with Crippen LogP contribution in [0.2, 0.25) is 0 Å². The summed E-state index contributed by atoms with van der Waals surface area (Å²) in [5, 5.41) is 12.4. The monoisotopic (exact) mass is 1870 g/mol. The summed E-state index contributed by atoms with van der Waals surface area (Å²) in [7, 11) is 0. The zero-order valence-corrected chi connectivity index (χ0v) is 79.2. The van der Waals surface area contributed by atoms with Crippen LogP contribution in [0.3, 0.4) is 0 Å². The summed E-state index contributed by atoms with van der Waals surface area (Å²) in [5.41, 5.74) is 32.2. The van der Waals surface area contributed by atoms with Crippen LogP contribution in [0.25, 0.3) is 256 Å². The largest absolute Gasteiger partial charge is 0.264 e. The molecule has 26 rings (SSSR count). The van der Waals surface area contributed by atoms with E-state index in [-0.39, 0.29) is 29.7 Å². The zero-order valence-electron chi connectivity index (χ0n) is 84.2. The van der Waals surface area contributed by atoms with Gasteiger partial charge in [0, 0.05) is 98.4 Å². The van der Waals surface area contributed by atoms with Crippen LogP contribution in [-0.2, 0) is 0 Å². The Hall–Kier alpha value is -19.6. The number of pyridine rings is 3. The molecule has 9 nitrogen and oxygen atoms in total. The highest BCUT2D eigenvalue weighted by molar-refractivity contribution is 6.26. The van der Waals surface area contributed by atoms with Crippen molar-refractivity contribution in [3.8, 4) is 202 Å². The van der Waals surface area contributed by atoms with Crippen LogP contribution in [0.1, 0.15) is 6.85 Å². The number of benzene rings is 20. The fourth-order valence-corrected chi connectivity index (χ4v) is 19.3. The van der Waals surface area contributed by atoms with Crippen LogP contribution in [0.5, 0.6) is 0 Å². The van der Waals surface area contributed by atoms with E-state index in [9.17, 15) is 0 Å². The first-order valence-electron chi connectivity index (χ1n) is 51.2. The van der Waals surface area contributed by atoms with Crippen molar-refractivity contribution in [3.63, 3.8) is 0 Å². The third-order valence-corrected chi connectivity index (χ3v) is 26.9. The van der Waals surface area contributed by atoms with Crippen molar-refractivity contribution >= 4 is 53.9 Å². The van der Waals surface area contributed by atoms with Gasteiger partial charge in [-0.15, -0.1) is 0 Å². The van der Waals surface area contributed by atoms with Crippen molar-refractivity contribution in [2.75, 3.05) is 0 Å². The van der Waals surface area contributed by atoms with Gasteiger partial charge in [-0.2, -0.15) is 0 Å². The lowest BCUT2D eigenvalue weighted by molar-refractivity contribution is 1.18. The van der Waals surface area contributed by atoms with E-state index in [4.69, 9.17) is 36.8 Å². The van der Waals surface area contributed by atoms with Crippen LogP contribution in [0.4, 0.5) is 0 Å². The summed E-state index contributed by atoms with van der Waals surface area (Å²) in [6.07, 6.45) is 11.0. The van der Waals surface area contributed by atoms with Crippen LogP contribution < -0.4 is 0 Å². The number of rotatable bonds is 18. The first kappa shape index (κ1) is 83.4. The Labute approximate surface area is 854 Å². The molecule has 0 amide bonds. The molecular weight excluding hydrogens is 1770 g/mol. The average Bonchev–Trinajstić information content (AvgIpc) is 0.738. The van der Waals surface area contributed by atoms with Gasteiger partial charge in [0.2, 0.25) is 0 Å². The minimum absolute atomic E-state index is 0.161. The van der Waals surface area contributed by atoms with Crippen molar-refractivity contribution in [1.29, 1.82) is 0 Å². The Bertz CT molecular complexity index is 9300. The summed E-state index contributed by atoms with van der Waals surface area (Å²) in [6, 6.07) is 167. The third-order valence-electron chi connectivity index (χ3n) is 26.9. The van der Waals surface area contributed by atoms with Crippen molar-refractivity contribution in [2.45, 2.75) is 0 Å². The lowest BCUT2D eigenvalue weighted by Gasteiger charge is -2.13. The van der Waals surface area contributed by atoms with E-state index in [0.717, 1.165) is 145 Å². The molecular formula is C137H91N9. The quantitative estimate of drug-likeness (QED) is 0.0774. The number of nitrogens with zero attached hydrogens (tertiary/aromatic N) is 9. The van der Waals surface area contributed by atoms with Gasteiger partial charge in [0.15, 0.2) is 17.5 Å². The Balaban J connectivity index is 0.000000122. The minimum Gasteiger partial charge on any atom is -0.264 e. The molecule has 0 atom stereocenters.